The average molecular weight is 420 g/mol. The van der Waals surface area contributed by atoms with E-state index < -0.39 is 27.4 Å². The molecule has 0 amide bonds. The minimum absolute atomic E-state index is 0. The van der Waals surface area contributed by atoms with E-state index in [1.54, 1.807) is 12.1 Å². The second kappa shape index (κ2) is 8.60. The number of hydrogen-bond acceptors (Lipinski definition) is 3. The number of hydrogen-bond donors (Lipinski definition) is 3. The first-order valence-electron chi connectivity index (χ1n) is 8.21. The van der Waals surface area contributed by atoms with Crippen LogP contribution in [0, 0.1) is 22.2 Å². The predicted octanol–water partition coefficient (Wildman–Crippen LogP) is 3.65. The third kappa shape index (κ3) is 5.44. The lowest BCUT2D eigenvalue weighted by molar-refractivity contribution is 0.496. The zero-order valence-electron chi connectivity index (χ0n) is 14.6. The van der Waals surface area contributed by atoms with Gasteiger partial charge in [-0.1, -0.05) is 18.2 Å². The highest BCUT2D eigenvalue weighted by molar-refractivity contribution is 7.89. The van der Waals surface area contributed by atoms with Crippen molar-refractivity contribution in [3.05, 3.63) is 59.4 Å². The molecule has 148 valence electrons. The standard InChI is InChI=1S/C18H20F3N3OS.ClH/c1-26(22,25)24-16-5-6-23-17(16)9-11-3-2-4-15(18(11)21)12-7-13(19)10-14(20)8-12;/h2-4,7-8,10,16-17,23H,5-6,9H2,1H3,(H2,22,24,25);1H/t16-,17-,26?;/m0./s1. The van der Waals surface area contributed by atoms with Gasteiger partial charge < -0.3 is 5.32 Å². The third-order valence-corrected chi connectivity index (χ3v) is 5.17. The Morgan fingerprint density at radius 3 is 2.52 bits per heavy atom. The van der Waals surface area contributed by atoms with Crippen molar-refractivity contribution in [2.75, 3.05) is 12.8 Å². The van der Waals surface area contributed by atoms with Crippen LogP contribution in [0.4, 0.5) is 13.2 Å². The highest BCUT2D eigenvalue weighted by Gasteiger charge is 2.29. The third-order valence-electron chi connectivity index (χ3n) is 4.42. The van der Waals surface area contributed by atoms with Crippen molar-refractivity contribution in [2.45, 2.75) is 24.9 Å². The van der Waals surface area contributed by atoms with Crippen LogP contribution >= 0.6 is 12.4 Å². The zero-order valence-corrected chi connectivity index (χ0v) is 16.2. The summed E-state index contributed by atoms with van der Waals surface area (Å²) in [4.78, 5) is 0. The molecule has 0 radical (unpaired) electrons. The lowest BCUT2D eigenvalue weighted by Gasteiger charge is -2.21. The van der Waals surface area contributed by atoms with Crippen LogP contribution in [0.5, 0.6) is 0 Å². The van der Waals surface area contributed by atoms with Gasteiger partial charge in [0.15, 0.2) is 0 Å². The van der Waals surface area contributed by atoms with Crippen molar-refractivity contribution in [3.63, 3.8) is 0 Å². The Morgan fingerprint density at radius 2 is 1.89 bits per heavy atom. The van der Waals surface area contributed by atoms with Gasteiger partial charge in [0.25, 0.3) is 0 Å². The van der Waals surface area contributed by atoms with Crippen molar-refractivity contribution in [1.29, 1.82) is 4.78 Å². The van der Waals surface area contributed by atoms with Gasteiger partial charge in [-0.2, -0.15) is 0 Å². The number of rotatable bonds is 5. The van der Waals surface area contributed by atoms with E-state index in [0.29, 0.717) is 24.9 Å². The quantitative estimate of drug-likeness (QED) is 0.692. The van der Waals surface area contributed by atoms with Crippen molar-refractivity contribution < 1.29 is 17.4 Å². The maximum atomic E-state index is 15.0. The van der Waals surface area contributed by atoms with Gasteiger partial charge in [-0.05, 0) is 42.6 Å². The van der Waals surface area contributed by atoms with E-state index in [9.17, 15) is 17.4 Å². The van der Waals surface area contributed by atoms with Gasteiger partial charge in [-0.3, -0.25) is 0 Å². The summed E-state index contributed by atoms with van der Waals surface area (Å²) in [6.45, 7) is 0.675. The molecule has 1 aliphatic heterocycles. The molecule has 2 aromatic carbocycles. The van der Waals surface area contributed by atoms with Crippen LogP contribution in [-0.2, 0) is 16.3 Å². The van der Waals surface area contributed by atoms with E-state index in [-0.39, 0.29) is 35.6 Å². The molecule has 27 heavy (non-hydrogen) atoms. The SMILES string of the molecule is CS(=N)(=O)N[C@H]1CCN[C@H]1Cc1cccc(-c2cc(F)cc(F)c2)c1F.Cl. The fraction of sp³-hybridized carbons (Fsp3) is 0.333. The molecule has 1 unspecified atom stereocenters. The highest BCUT2D eigenvalue weighted by atomic mass is 35.5. The Morgan fingerprint density at radius 1 is 1.22 bits per heavy atom. The van der Waals surface area contributed by atoms with Crippen molar-refractivity contribution in [1.82, 2.24) is 10.0 Å². The minimum Gasteiger partial charge on any atom is -0.312 e. The molecular weight excluding hydrogens is 399 g/mol. The van der Waals surface area contributed by atoms with Crippen LogP contribution in [0.15, 0.2) is 36.4 Å². The molecule has 0 aromatic heterocycles. The molecule has 1 saturated heterocycles. The molecule has 0 spiro atoms. The van der Waals surface area contributed by atoms with E-state index in [1.807, 2.05) is 0 Å². The molecular formula is C18H21ClF3N3OS. The topological polar surface area (TPSA) is 65.0 Å². The van der Waals surface area contributed by atoms with E-state index in [0.717, 1.165) is 18.2 Å². The first kappa shape index (κ1) is 21.7. The fourth-order valence-corrected chi connectivity index (χ4v) is 4.18. The average Bonchev–Trinajstić information content (AvgIpc) is 2.93. The molecule has 3 atom stereocenters. The van der Waals surface area contributed by atoms with Gasteiger partial charge in [-0.25, -0.2) is 26.9 Å². The first-order chi connectivity index (χ1) is 12.2. The maximum absolute atomic E-state index is 15.0. The zero-order chi connectivity index (χ0) is 18.9. The first-order valence-corrected chi connectivity index (χ1v) is 10.2. The summed E-state index contributed by atoms with van der Waals surface area (Å²) in [5, 5.41) is 3.22. The normalized spacial score (nSPS) is 21.5. The Bertz CT molecular complexity index is 904. The second-order valence-corrected chi connectivity index (χ2v) is 8.48. The summed E-state index contributed by atoms with van der Waals surface area (Å²) in [6, 6.07) is 7.28. The molecule has 0 saturated carbocycles. The molecule has 2 aromatic rings. The van der Waals surface area contributed by atoms with E-state index >= 15 is 0 Å². The van der Waals surface area contributed by atoms with Crippen LogP contribution < -0.4 is 10.0 Å². The van der Waals surface area contributed by atoms with Gasteiger partial charge in [0.05, 0.1) is 0 Å². The summed E-state index contributed by atoms with van der Waals surface area (Å²) >= 11 is 0. The summed E-state index contributed by atoms with van der Waals surface area (Å²) in [5.41, 5.74) is 0.660. The van der Waals surface area contributed by atoms with Crippen molar-refractivity contribution >= 4 is 22.3 Å². The van der Waals surface area contributed by atoms with E-state index in [1.165, 1.54) is 12.3 Å². The summed E-state index contributed by atoms with van der Waals surface area (Å²) < 4.78 is 63.9. The lowest BCUT2D eigenvalue weighted by Crippen LogP contribution is -2.43. The Kier molecular flexibility index (Phi) is 6.91. The Hall–Kier alpha value is -1.61. The molecule has 3 N–H and O–H groups in total. The molecule has 1 heterocycles. The highest BCUT2D eigenvalue weighted by Crippen LogP contribution is 2.28. The van der Waals surface area contributed by atoms with Crippen LogP contribution in [-0.4, -0.2) is 29.1 Å². The van der Waals surface area contributed by atoms with E-state index in [2.05, 4.69) is 10.0 Å². The Labute approximate surface area is 163 Å². The largest absolute Gasteiger partial charge is 0.312 e. The predicted molar refractivity (Wildman–Crippen MR) is 103 cm³/mol. The maximum Gasteiger partial charge on any atom is 0.134 e. The minimum atomic E-state index is -2.87. The smallest absolute Gasteiger partial charge is 0.134 e. The second-order valence-electron chi connectivity index (χ2n) is 6.56. The van der Waals surface area contributed by atoms with Gasteiger partial charge in [0.1, 0.15) is 27.4 Å². The summed E-state index contributed by atoms with van der Waals surface area (Å²) in [7, 11) is -2.87. The van der Waals surface area contributed by atoms with Crippen molar-refractivity contribution in [2.24, 2.45) is 0 Å². The van der Waals surface area contributed by atoms with E-state index in [4.69, 9.17) is 4.78 Å². The molecule has 1 fully saturated rings. The number of halogens is 4. The van der Waals surface area contributed by atoms with Gasteiger partial charge >= 0.3 is 0 Å². The molecule has 9 heteroatoms. The summed E-state index contributed by atoms with van der Waals surface area (Å²) in [6.07, 6.45) is 2.30. The van der Waals surface area contributed by atoms with Crippen LogP contribution in [0.2, 0.25) is 0 Å². The fourth-order valence-electron chi connectivity index (χ4n) is 3.32. The number of benzene rings is 2. The van der Waals surface area contributed by atoms with Gasteiger partial charge in [-0.15, -0.1) is 12.4 Å². The molecule has 0 aliphatic carbocycles. The molecule has 3 rings (SSSR count). The number of nitrogens with one attached hydrogen (secondary N) is 3. The summed E-state index contributed by atoms with van der Waals surface area (Å²) in [5.74, 6) is -2.06. The molecule has 4 nitrogen and oxygen atoms in total. The van der Waals surface area contributed by atoms with Gasteiger partial charge in [0.2, 0.25) is 0 Å². The van der Waals surface area contributed by atoms with Crippen LogP contribution in [0.1, 0.15) is 12.0 Å². The Balaban J connectivity index is 0.00000261. The monoisotopic (exact) mass is 419 g/mol. The lowest BCUT2D eigenvalue weighted by atomic mass is 9.96. The van der Waals surface area contributed by atoms with Gasteiger partial charge in [0, 0.05) is 30.0 Å². The van der Waals surface area contributed by atoms with Crippen LogP contribution in [0.3, 0.4) is 0 Å². The molecule has 1 aliphatic rings. The molecule has 0 bridgehead atoms. The van der Waals surface area contributed by atoms with Crippen LogP contribution in [0.25, 0.3) is 11.1 Å². The van der Waals surface area contributed by atoms with Crippen molar-refractivity contribution in [3.8, 4) is 11.1 Å².